The topological polar surface area (TPSA) is 14.8 Å². The fourth-order valence-electron chi connectivity index (χ4n) is 7.89. The van der Waals surface area contributed by atoms with Gasteiger partial charge in [0.1, 0.15) is 0 Å². The maximum absolute atomic E-state index is 3.87. The maximum Gasteiger partial charge on any atom is 0.0715 e. The molecule has 0 unspecified atom stereocenters. The lowest BCUT2D eigenvalue weighted by molar-refractivity contribution is 0.889. The van der Waals surface area contributed by atoms with E-state index in [4.69, 9.17) is 0 Å². The molecule has 9 aromatic rings. The molecule has 0 saturated carbocycles. The first-order chi connectivity index (χ1) is 23.2. The van der Waals surface area contributed by atoms with Crippen molar-refractivity contribution < 1.29 is 0 Å². The van der Waals surface area contributed by atoms with Gasteiger partial charge in [0.05, 0.1) is 39.0 Å². The number of hydrogen-bond donors (Lipinski definition) is 0. The largest absolute Gasteiger partial charge is 0.313 e. The average Bonchev–Trinajstić information content (AvgIpc) is 3.75. The molecule has 5 heteroatoms. The summed E-state index contributed by atoms with van der Waals surface area (Å²) in [7, 11) is 0. The normalized spacial score (nSPS) is 13.1. The van der Waals surface area contributed by atoms with Gasteiger partial charge in [-0.1, -0.05) is 84.9 Å². The Labute approximate surface area is 288 Å². The highest BCUT2D eigenvalue weighted by Gasteiger charge is 2.22. The summed E-state index contributed by atoms with van der Waals surface area (Å²) in [5.41, 5.74) is 12.2. The van der Waals surface area contributed by atoms with E-state index in [1.165, 1.54) is 71.5 Å². The molecule has 3 nitrogen and oxygen atoms in total. The van der Waals surface area contributed by atoms with Gasteiger partial charge in [-0.3, -0.25) is 0 Å². The minimum atomic E-state index is 1.01. The molecule has 6 aromatic carbocycles. The second-order valence-corrected chi connectivity index (χ2v) is 14.0. The molecule has 1 aliphatic rings. The van der Waals surface area contributed by atoms with E-state index >= 15 is 0 Å². The molecule has 10 rings (SSSR count). The fraction of sp³-hybridized carbons (Fsp3) is 0.0476. The first-order valence-corrected chi connectivity index (χ1v) is 17.6. The molecule has 224 valence electrons. The van der Waals surface area contributed by atoms with E-state index in [9.17, 15) is 0 Å². The Bertz CT molecular complexity index is 2720. The van der Waals surface area contributed by atoms with Crippen molar-refractivity contribution in [3.63, 3.8) is 0 Å². The van der Waals surface area contributed by atoms with Gasteiger partial charge in [-0.2, -0.15) is 0 Å². The van der Waals surface area contributed by atoms with Crippen molar-refractivity contribution in [3.8, 4) is 17.1 Å². The summed E-state index contributed by atoms with van der Waals surface area (Å²) in [5.74, 6) is 0. The lowest BCUT2D eigenvalue weighted by Gasteiger charge is -2.18. The minimum Gasteiger partial charge on any atom is -0.313 e. The Hall–Kier alpha value is -4.84. The number of benzene rings is 6. The summed E-state index contributed by atoms with van der Waals surface area (Å²) in [6.07, 6.45) is 6.72. The van der Waals surface area contributed by atoms with Crippen molar-refractivity contribution in [2.45, 2.75) is 12.8 Å². The fourth-order valence-corrected chi connectivity index (χ4v) is 8.55. The molecule has 47 heavy (non-hydrogen) atoms. The van der Waals surface area contributed by atoms with E-state index < -0.39 is 0 Å². The van der Waals surface area contributed by atoms with Crippen LogP contribution in [0.3, 0.4) is 0 Å². The molecule has 0 N–H and O–H groups in total. The molecule has 0 spiro atoms. The third kappa shape index (κ3) is 3.90. The number of allylic oxidation sites excluding steroid dienone is 1. The van der Waals surface area contributed by atoms with Gasteiger partial charge < -0.3 is 13.7 Å². The number of nitrogens with zero attached hydrogens (tertiary/aromatic N) is 3. The third-order valence-electron chi connectivity index (χ3n) is 9.84. The molecule has 0 radical (unpaired) electrons. The van der Waals surface area contributed by atoms with Gasteiger partial charge in [-0.25, -0.2) is 0 Å². The Morgan fingerprint density at radius 1 is 0.447 bits per heavy atom. The van der Waals surface area contributed by atoms with E-state index in [0.29, 0.717) is 0 Å². The van der Waals surface area contributed by atoms with Gasteiger partial charge in [0.15, 0.2) is 0 Å². The predicted octanol–water partition coefficient (Wildman–Crippen LogP) is 12.3. The van der Waals surface area contributed by atoms with E-state index in [1.807, 2.05) is 0 Å². The number of fused-ring (bicyclic) bond motifs is 9. The quantitative estimate of drug-likeness (QED) is 0.172. The summed E-state index contributed by atoms with van der Waals surface area (Å²) in [4.78, 5) is 0. The van der Waals surface area contributed by atoms with Gasteiger partial charge in [0.2, 0.25) is 0 Å². The van der Waals surface area contributed by atoms with Gasteiger partial charge in [-0.05, 0) is 99.3 Å². The molecule has 3 aromatic heterocycles. The van der Waals surface area contributed by atoms with Crippen molar-refractivity contribution >= 4 is 92.5 Å². The zero-order chi connectivity index (χ0) is 31.2. The summed E-state index contributed by atoms with van der Waals surface area (Å²) >= 11 is 7.74. The molecule has 0 saturated heterocycles. The first-order valence-electron chi connectivity index (χ1n) is 16.0. The molecule has 3 heterocycles. The third-order valence-corrected chi connectivity index (χ3v) is 11.7. The Morgan fingerprint density at radius 3 is 1.49 bits per heavy atom. The summed E-state index contributed by atoms with van der Waals surface area (Å²) in [6, 6.07) is 46.6. The maximum atomic E-state index is 3.87. The Kier molecular flexibility index (Phi) is 6.00. The van der Waals surface area contributed by atoms with Gasteiger partial charge >= 0.3 is 0 Å². The van der Waals surface area contributed by atoms with Crippen LogP contribution in [0.15, 0.2) is 142 Å². The molecule has 0 amide bonds. The zero-order valence-corrected chi connectivity index (χ0v) is 28.5. The molecule has 1 aliphatic carbocycles. The van der Waals surface area contributed by atoms with Crippen LogP contribution in [-0.2, 0) is 6.42 Å². The van der Waals surface area contributed by atoms with Crippen LogP contribution in [0.4, 0.5) is 0 Å². The number of hydrogen-bond acceptors (Lipinski definition) is 0. The Morgan fingerprint density at radius 2 is 0.915 bits per heavy atom. The number of aromatic nitrogens is 3. The standard InChI is InChI=1S/C42H27Br2N3/c43-33-24-41(46-37-18-8-3-13-29(37)30-14-4-9-19-38(30)46)42(25-34(33)44)47-39-20-10-5-15-31(39)32-23-26(21-22-40(32)47)45-35-16-6-1-11-27(35)28-12-2-7-17-36(28)45/h1-6,8-16,18-25H,7,17H2. The van der Waals surface area contributed by atoms with Crippen molar-refractivity contribution in [2.24, 2.45) is 0 Å². The summed E-state index contributed by atoms with van der Waals surface area (Å²) < 4.78 is 9.37. The Balaban J connectivity index is 1.29. The van der Waals surface area contributed by atoms with Crippen LogP contribution in [0.25, 0.3) is 77.7 Å². The van der Waals surface area contributed by atoms with Crippen molar-refractivity contribution in [2.75, 3.05) is 0 Å². The molecule has 0 fully saturated rings. The number of para-hydroxylation sites is 4. The van der Waals surface area contributed by atoms with E-state index in [0.717, 1.165) is 33.2 Å². The van der Waals surface area contributed by atoms with Crippen LogP contribution in [-0.4, -0.2) is 13.7 Å². The minimum absolute atomic E-state index is 1.01. The molecule has 0 aliphatic heterocycles. The average molecular weight is 734 g/mol. The highest BCUT2D eigenvalue weighted by atomic mass is 79.9. The number of rotatable bonds is 3. The van der Waals surface area contributed by atoms with Crippen LogP contribution >= 0.6 is 31.9 Å². The van der Waals surface area contributed by atoms with E-state index in [2.05, 4.69) is 185 Å². The second-order valence-electron chi connectivity index (χ2n) is 12.3. The second kappa shape index (κ2) is 10.3. The lowest BCUT2D eigenvalue weighted by Crippen LogP contribution is -2.04. The van der Waals surface area contributed by atoms with Crippen LogP contribution < -0.4 is 0 Å². The first kappa shape index (κ1) is 27.3. The molecule has 0 atom stereocenters. The molecular weight excluding hydrogens is 706 g/mol. The monoisotopic (exact) mass is 731 g/mol. The highest BCUT2D eigenvalue weighted by molar-refractivity contribution is 9.13. The molecule has 0 bridgehead atoms. The van der Waals surface area contributed by atoms with Gasteiger partial charge in [0, 0.05) is 52.8 Å². The number of halogens is 2. The van der Waals surface area contributed by atoms with Crippen molar-refractivity contribution in [1.29, 1.82) is 0 Å². The van der Waals surface area contributed by atoms with Gasteiger partial charge in [0.25, 0.3) is 0 Å². The molecular formula is C42H27Br2N3. The SMILES string of the molecule is Brc1cc(-n2c3ccccc3c3ccccc32)c(-n2c3ccccc3c3cc(-n4c5c(c6ccccc64)C=CCC5)ccc32)cc1Br. The highest BCUT2D eigenvalue weighted by Crippen LogP contribution is 2.42. The smallest absolute Gasteiger partial charge is 0.0715 e. The van der Waals surface area contributed by atoms with Crippen molar-refractivity contribution in [1.82, 2.24) is 13.7 Å². The summed E-state index contributed by atoms with van der Waals surface area (Å²) in [5, 5.41) is 6.29. The lowest BCUT2D eigenvalue weighted by atomic mass is 10.0. The van der Waals surface area contributed by atoms with E-state index in [-0.39, 0.29) is 0 Å². The van der Waals surface area contributed by atoms with Crippen LogP contribution in [0.1, 0.15) is 17.7 Å². The zero-order valence-electron chi connectivity index (χ0n) is 25.3. The predicted molar refractivity (Wildman–Crippen MR) is 205 cm³/mol. The van der Waals surface area contributed by atoms with Crippen LogP contribution in [0.5, 0.6) is 0 Å². The van der Waals surface area contributed by atoms with Crippen LogP contribution in [0, 0.1) is 0 Å². The van der Waals surface area contributed by atoms with E-state index in [1.54, 1.807) is 0 Å². The van der Waals surface area contributed by atoms with Gasteiger partial charge in [-0.15, -0.1) is 0 Å². The summed E-state index contributed by atoms with van der Waals surface area (Å²) in [6.45, 7) is 0. The van der Waals surface area contributed by atoms with Crippen molar-refractivity contribution in [3.05, 3.63) is 154 Å². The van der Waals surface area contributed by atoms with Crippen LogP contribution in [0.2, 0.25) is 0 Å².